The summed E-state index contributed by atoms with van der Waals surface area (Å²) in [5.74, 6) is 0.0166. The van der Waals surface area contributed by atoms with Crippen LogP contribution in [0.2, 0.25) is 0 Å². The summed E-state index contributed by atoms with van der Waals surface area (Å²) in [5, 5.41) is 0. The fraction of sp³-hybridized carbons (Fsp3) is 0.818. The molecule has 0 spiro atoms. The van der Waals surface area contributed by atoms with Gasteiger partial charge in [-0.25, -0.2) is 0 Å². The van der Waals surface area contributed by atoms with Crippen molar-refractivity contribution in [2.75, 3.05) is 52.5 Å². The molecule has 0 aliphatic carbocycles. The Morgan fingerprint density at radius 1 is 0.774 bits per heavy atom. The van der Waals surface area contributed by atoms with Gasteiger partial charge >= 0.3 is 0 Å². The second-order valence-electron chi connectivity index (χ2n) is 9.38. The zero-order chi connectivity index (χ0) is 23.3. The van der Waals surface area contributed by atoms with Crippen LogP contribution in [0, 0.1) is 11.8 Å². The smallest absolute Gasteiger partial charge is 0.249 e. The van der Waals surface area contributed by atoms with Gasteiger partial charge in [-0.15, -0.1) is 0 Å². The summed E-state index contributed by atoms with van der Waals surface area (Å²) in [4.78, 5) is 56.7. The van der Waals surface area contributed by atoms with Gasteiger partial charge in [-0.1, -0.05) is 27.7 Å². The molecule has 2 heterocycles. The molecule has 0 aromatic rings. The van der Waals surface area contributed by atoms with Crippen LogP contribution >= 0.6 is 0 Å². The topological polar surface area (TPSA) is 90.5 Å². The summed E-state index contributed by atoms with van der Waals surface area (Å²) in [7, 11) is 0. The van der Waals surface area contributed by atoms with E-state index in [1.807, 2.05) is 0 Å². The molecular formula is C22H38N4O5. The van der Waals surface area contributed by atoms with Crippen LogP contribution in [0.5, 0.6) is 0 Å². The van der Waals surface area contributed by atoms with Gasteiger partial charge in [0.1, 0.15) is 25.3 Å². The largest absolute Gasteiger partial charge is 0.362 e. The van der Waals surface area contributed by atoms with Crippen LogP contribution in [0.15, 0.2) is 0 Å². The maximum Gasteiger partial charge on any atom is 0.249 e. The molecule has 0 radical (unpaired) electrons. The predicted molar refractivity (Wildman–Crippen MR) is 116 cm³/mol. The van der Waals surface area contributed by atoms with Crippen LogP contribution in [0.25, 0.3) is 0 Å². The third-order valence-electron chi connectivity index (χ3n) is 5.76. The SMILES string of the molecule is CC(C)CN1CCN(C(=O)COCC(=O)N2CCN(CC(C)C)C(=O)C2C)C(C)C1=O. The third-order valence-corrected chi connectivity index (χ3v) is 5.76. The zero-order valence-electron chi connectivity index (χ0n) is 19.8. The number of carbonyl (C=O) groups is 4. The van der Waals surface area contributed by atoms with Crippen molar-refractivity contribution < 1.29 is 23.9 Å². The Morgan fingerprint density at radius 3 is 1.45 bits per heavy atom. The molecule has 2 rings (SSSR count). The van der Waals surface area contributed by atoms with E-state index >= 15 is 0 Å². The minimum atomic E-state index is -0.536. The van der Waals surface area contributed by atoms with Gasteiger partial charge < -0.3 is 24.3 Å². The van der Waals surface area contributed by atoms with E-state index in [-0.39, 0.29) is 36.8 Å². The van der Waals surface area contributed by atoms with E-state index in [1.165, 1.54) is 9.80 Å². The molecule has 2 unspecified atom stereocenters. The first-order chi connectivity index (χ1) is 14.5. The van der Waals surface area contributed by atoms with Crippen molar-refractivity contribution in [1.29, 1.82) is 0 Å². The molecule has 2 fully saturated rings. The van der Waals surface area contributed by atoms with Crippen molar-refractivity contribution in [2.45, 2.75) is 53.6 Å². The number of rotatable bonds is 8. The maximum absolute atomic E-state index is 12.5. The molecule has 2 aliphatic heterocycles. The molecule has 0 saturated carbocycles. The van der Waals surface area contributed by atoms with E-state index in [9.17, 15) is 19.2 Å². The van der Waals surface area contributed by atoms with E-state index in [2.05, 4.69) is 27.7 Å². The van der Waals surface area contributed by atoms with Gasteiger partial charge in [0, 0.05) is 39.3 Å². The summed E-state index contributed by atoms with van der Waals surface area (Å²) in [6.45, 7) is 14.4. The van der Waals surface area contributed by atoms with Crippen molar-refractivity contribution in [3.05, 3.63) is 0 Å². The number of hydrogen-bond donors (Lipinski definition) is 0. The quantitative estimate of drug-likeness (QED) is 0.548. The Hall–Kier alpha value is -2.16. The van der Waals surface area contributed by atoms with Gasteiger partial charge in [0.05, 0.1) is 0 Å². The molecule has 4 amide bonds. The summed E-state index contributed by atoms with van der Waals surface area (Å²) < 4.78 is 5.38. The molecule has 31 heavy (non-hydrogen) atoms. The minimum absolute atomic E-state index is 0.0593. The second kappa shape index (κ2) is 10.9. The number of piperazine rings is 2. The highest BCUT2D eigenvalue weighted by Gasteiger charge is 2.36. The highest BCUT2D eigenvalue weighted by Crippen LogP contribution is 2.15. The molecular weight excluding hydrogens is 400 g/mol. The normalized spacial score (nSPS) is 22.7. The Balaban J connectivity index is 1.80. The van der Waals surface area contributed by atoms with Crippen molar-refractivity contribution in [3.8, 4) is 0 Å². The predicted octanol–water partition coefficient (Wildman–Crippen LogP) is 0.434. The molecule has 9 heteroatoms. The van der Waals surface area contributed by atoms with Gasteiger partial charge in [0.2, 0.25) is 23.6 Å². The van der Waals surface area contributed by atoms with Crippen LogP contribution in [-0.4, -0.2) is 108 Å². The molecule has 2 saturated heterocycles. The van der Waals surface area contributed by atoms with Crippen LogP contribution in [0.1, 0.15) is 41.5 Å². The van der Waals surface area contributed by atoms with Gasteiger partial charge in [0.25, 0.3) is 0 Å². The minimum Gasteiger partial charge on any atom is -0.362 e. The Kier molecular flexibility index (Phi) is 8.85. The summed E-state index contributed by atoms with van der Waals surface area (Å²) in [6.07, 6.45) is 0. The standard InChI is InChI=1S/C22H38N4O5/c1-15(2)11-23-7-9-25(17(5)21(23)29)19(27)13-31-14-20(28)26-10-8-24(12-16(3)4)22(30)18(26)6/h15-18H,7-14H2,1-6H3. The van der Waals surface area contributed by atoms with E-state index in [1.54, 1.807) is 23.6 Å². The first kappa shape index (κ1) is 25.1. The number of hydrogen-bond acceptors (Lipinski definition) is 5. The van der Waals surface area contributed by atoms with Crippen molar-refractivity contribution in [2.24, 2.45) is 11.8 Å². The molecule has 2 atom stereocenters. The van der Waals surface area contributed by atoms with Crippen molar-refractivity contribution >= 4 is 23.6 Å². The van der Waals surface area contributed by atoms with E-state index in [0.29, 0.717) is 51.1 Å². The van der Waals surface area contributed by atoms with E-state index in [4.69, 9.17) is 4.74 Å². The first-order valence-corrected chi connectivity index (χ1v) is 11.3. The number of ether oxygens (including phenoxy) is 1. The molecule has 0 bridgehead atoms. The Labute approximate surface area is 185 Å². The van der Waals surface area contributed by atoms with Crippen molar-refractivity contribution in [1.82, 2.24) is 19.6 Å². The highest BCUT2D eigenvalue weighted by molar-refractivity contribution is 5.90. The summed E-state index contributed by atoms with van der Waals surface area (Å²) in [6, 6.07) is -1.07. The Morgan fingerprint density at radius 2 is 1.13 bits per heavy atom. The molecule has 0 aromatic heterocycles. The average Bonchev–Trinajstić information content (AvgIpc) is 2.68. The van der Waals surface area contributed by atoms with Crippen LogP contribution in [0.3, 0.4) is 0 Å². The summed E-state index contributed by atoms with van der Waals surface area (Å²) in [5.41, 5.74) is 0. The van der Waals surface area contributed by atoms with E-state index in [0.717, 1.165) is 0 Å². The lowest BCUT2D eigenvalue weighted by Gasteiger charge is -2.40. The number of nitrogens with zero attached hydrogens (tertiary/aromatic N) is 4. The van der Waals surface area contributed by atoms with Crippen molar-refractivity contribution in [3.63, 3.8) is 0 Å². The average molecular weight is 439 g/mol. The molecule has 2 aliphatic rings. The van der Waals surface area contributed by atoms with Gasteiger partial charge in [0.15, 0.2) is 0 Å². The lowest BCUT2D eigenvalue weighted by atomic mass is 10.1. The molecule has 9 nitrogen and oxygen atoms in total. The third kappa shape index (κ3) is 6.41. The van der Waals surface area contributed by atoms with Gasteiger partial charge in [-0.3, -0.25) is 19.2 Å². The zero-order valence-corrected chi connectivity index (χ0v) is 19.8. The van der Waals surface area contributed by atoms with Crippen LogP contribution in [0.4, 0.5) is 0 Å². The summed E-state index contributed by atoms with van der Waals surface area (Å²) >= 11 is 0. The molecule has 0 aromatic carbocycles. The fourth-order valence-electron chi connectivity index (χ4n) is 4.18. The maximum atomic E-state index is 12.5. The monoisotopic (exact) mass is 438 g/mol. The first-order valence-electron chi connectivity index (χ1n) is 11.3. The lowest BCUT2D eigenvalue weighted by Crippen LogP contribution is -2.59. The highest BCUT2D eigenvalue weighted by atomic mass is 16.5. The lowest BCUT2D eigenvalue weighted by molar-refractivity contribution is -0.157. The van der Waals surface area contributed by atoms with E-state index < -0.39 is 12.1 Å². The fourth-order valence-corrected chi connectivity index (χ4v) is 4.18. The number of carbonyl (C=O) groups excluding carboxylic acids is 4. The molecule has 176 valence electrons. The van der Waals surface area contributed by atoms with Crippen LogP contribution < -0.4 is 0 Å². The second-order valence-corrected chi connectivity index (χ2v) is 9.38. The molecule has 0 N–H and O–H groups in total. The Bertz CT molecular complexity index is 625. The van der Waals surface area contributed by atoms with Crippen LogP contribution in [-0.2, 0) is 23.9 Å². The number of amides is 4. The van der Waals surface area contributed by atoms with Gasteiger partial charge in [-0.2, -0.15) is 0 Å². The van der Waals surface area contributed by atoms with Gasteiger partial charge in [-0.05, 0) is 25.7 Å².